The van der Waals surface area contributed by atoms with Gasteiger partial charge in [-0.1, -0.05) is 35.9 Å². The van der Waals surface area contributed by atoms with Crippen LogP contribution in [0.4, 0.5) is 5.69 Å². The normalized spacial score (nSPS) is 11.0. The lowest BCUT2D eigenvalue weighted by Gasteiger charge is -2.24. The molecule has 0 aromatic heterocycles. The zero-order valence-corrected chi connectivity index (χ0v) is 19.1. The van der Waals surface area contributed by atoms with Gasteiger partial charge in [-0.05, 0) is 48.9 Å². The molecule has 7 nitrogen and oxygen atoms in total. The van der Waals surface area contributed by atoms with Crippen LogP contribution in [0.15, 0.2) is 77.7 Å². The second kappa shape index (κ2) is 10.2. The van der Waals surface area contributed by atoms with Crippen molar-refractivity contribution in [2.75, 3.05) is 25.1 Å². The number of methoxy groups -OCH3 is 2. The number of rotatable bonds is 9. The van der Waals surface area contributed by atoms with Crippen molar-refractivity contribution < 1.29 is 22.7 Å². The summed E-state index contributed by atoms with van der Waals surface area (Å²) >= 11 is 0. The van der Waals surface area contributed by atoms with E-state index in [2.05, 4.69) is 5.32 Å². The monoisotopic (exact) mass is 454 g/mol. The number of nitrogens with one attached hydrogen (secondary N) is 1. The van der Waals surface area contributed by atoms with Gasteiger partial charge < -0.3 is 14.8 Å². The third-order valence-electron chi connectivity index (χ3n) is 4.89. The van der Waals surface area contributed by atoms with Crippen molar-refractivity contribution in [1.29, 1.82) is 0 Å². The second-order valence-corrected chi connectivity index (χ2v) is 9.01. The number of nitrogens with zero attached hydrogens (tertiary/aromatic N) is 1. The predicted octanol–water partition coefficient (Wildman–Crippen LogP) is 3.52. The smallest absolute Gasteiger partial charge is 0.264 e. The number of ether oxygens (including phenoxy) is 2. The van der Waals surface area contributed by atoms with E-state index in [1.165, 1.54) is 19.2 Å². The zero-order valence-electron chi connectivity index (χ0n) is 18.2. The van der Waals surface area contributed by atoms with Gasteiger partial charge in [0.25, 0.3) is 10.0 Å². The van der Waals surface area contributed by atoms with Crippen LogP contribution in [-0.2, 0) is 21.4 Å². The number of hydrogen-bond acceptors (Lipinski definition) is 5. The van der Waals surface area contributed by atoms with Crippen molar-refractivity contribution >= 4 is 21.6 Å². The molecule has 0 radical (unpaired) electrons. The quantitative estimate of drug-likeness (QED) is 0.535. The van der Waals surface area contributed by atoms with Gasteiger partial charge in [0, 0.05) is 12.6 Å². The van der Waals surface area contributed by atoms with Gasteiger partial charge in [-0.3, -0.25) is 9.10 Å². The van der Waals surface area contributed by atoms with Crippen LogP contribution in [0, 0.1) is 6.92 Å². The molecule has 0 aliphatic heterocycles. The van der Waals surface area contributed by atoms with Crippen LogP contribution < -0.4 is 19.1 Å². The molecule has 3 rings (SSSR count). The molecule has 0 unspecified atom stereocenters. The average Bonchev–Trinajstić information content (AvgIpc) is 2.81. The number of sulfonamides is 1. The highest BCUT2D eigenvalue weighted by Crippen LogP contribution is 2.27. The summed E-state index contributed by atoms with van der Waals surface area (Å²) in [7, 11) is -0.901. The summed E-state index contributed by atoms with van der Waals surface area (Å²) in [5.41, 5.74) is 2.15. The maximum atomic E-state index is 13.4. The average molecular weight is 455 g/mol. The minimum atomic E-state index is -3.98. The van der Waals surface area contributed by atoms with Gasteiger partial charge in [0.1, 0.15) is 18.0 Å². The van der Waals surface area contributed by atoms with Gasteiger partial charge >= 0.3 is 0 Å². The highest BCUT2D eigenvalue weighted by molar-refractivity contribution is 7.92. The lowest BCUT2D eigenvalue weighted by Crippen LogP contribution is -2.40. The first-order valence-electron chi connectivity index (χ1n) is 9.96. The molecule has 0 saturated heterocycles. The fourth-order valence-corrected chi connectivity index (χ4v) is 4.46. The molecule has 0 heterocycles. The Bertz CT molecular complexity index is 1160. The Kier molecular flexibility index (Phi) is 7.37. The van der Waals surface area contributed by atoms with Crippen LogP contribution in [0.5, 0.6) is 11.5 Å². The molecule has 3 aromatic rings. The molecule has 3 aromatic carbocycles. The molecule has 0 aliphatic rings. The van der Waals surface area contributed by atoms with E-state index in [0.29, 0.717) is 17.2 Å². The Labute approximate surface area is 188 Å². The standard InChI is InChI=1S/C24H26N2O5S/c1-18-7-13-23(14-8-18)32(28,29)26(20-5-4-6-22(15-20)31-3)17-24(27)25-16-19-9-11-21(30-2)12-10-19/h4-15H,16-17H2,1-3H3,(H,25,27). The van der Waals surface area contributed by atoms with Crippen LogP contribution in [0.1, 0.15) is 11.1 Å². The number of carbonyl (C=O) groups excluding carboxylic acids is 1. The van der Waals surface area contributed by atoms with Crippen molar-refractivity contribution in [3.63, 3.8) is 0 Å². The summed E-state index contributed by atoms with van der Waals surface area (Å²) < 4.78 is 38.3. The topological polar surface area (TPSA) is 84.9 Å². The maximum absolute atomic E-state index is 13.4. The molecule has 0 atom stereocenters. The number of anilines is 1. The van der Waals surface area contributed by atoms with E-state index in [1.54, 1.807) is 55.6 Å². The molecule has 0 bridgehead atoms. The van der Waals surface area contributed by atoms with E-state index in [1.807, 2.05) is 19.1 Å². The minimum Gasteiger partial charge on any atom is -0.497 e. The highest BCUT2D eigenvalue weighted by Gasteiger charge is 2.27. The SMILES string of the molecule is COc1ccc(CNC(=O)CN(c2cccc(OC)c2)S(=O)(=O)c2ccc(C)cc2)cc1. The van der Waals surface area contributed by atoms with E-state index in [4.69, 9.17) is 9.47 Å². The molecular formula is C24H26N2O5S. The van der Waals surface area contributed by atoms with E-state index >= 15 is 0 Å². The van der Waals surface area contributed by atoms with Crippen molar-refractivity contribution in [3.05, 3.63) is 83.9 Å². The second-order valence-electron chi connectivity index (χ2n) is 7.15. The molecule has 1 N–H and O–H groups in total. The Morgan fingerprint density at radius 1 is 0.906 bits per heavy atom. The fraction of sp³-hybridized carbons (Fsp3) is 0.208. The van der Waals surface area contributed by atoms with Gasteiger partial charge in [0.05, 0.1) is 24.8 Å². The Morgan fingerprint density at radius 3 is 2.19 bits per heavy atom. The molecular weight excluding hydrogens is 428 g/mol. The molecule has 8 heteroatoms. The minimum absolute atomic E-state index is 0.105. The summed E-state index contributed by atoms with van der Waals surface area (Å²) in [5.74, 6) is 0.776. The highest BCUT2D eigenvalue weighted by atomic mass is 32.2. The molecule has 1 amide bonds. The van der Waals surface area contributed by atoms with Crippen LogP contribution in [0.3, 0.4) is 0 Å². The van der Waals surface area contributed by atoms with Crippen LogP contribution >= 0.6 is 0 Å². The number of aryl methyl sites for hydroxylation is 1. The number of hydrogen-bond donors (Lipinski definition) is 1. The third-order valence-corrected chi connectivity index (χ3v) is 6.67. The zero-order chi connectivity index (χ0) is 23.1. The summed E-state index contributed by atoms with van der Waals surface area (Å²) in [5, 5.41) is 2.78. The van der Waals surface area contributed by atoms with Crippen LogP contribution in [-0.4, -0.2) is 35.1 Å². The Balaban J connectivity index is 1.84. The number of benzene rings is 3. The van der Waals surface area contributed by atoms with Crippen LogP contribution in [0.2, 0.25) is 0 Å². The lowest BCUT2D eigenvalue weighted by atomic mass is 10.2. The van der Waals surface area contributed by atoms with Crippen LogP contribution in [0.25, 0.3) is 0 Å². The van der Waals surface area contributed by atoms with Crippen molar-refractivity contribution in [2.24, 2.45) is 0 Å². The largest absolute Gasteiger partial charge is 0.497 e. The Morgan fingerprint density at radius 2 is 1.56 bits per heavy atom. The van der Waals surface area contributed by atoms with Gasteiger partial charge in [-0.25, -0.2) is 8.42 Å². The molecule has 168 valence electrons. The van der Waals surface area contributed by atoms with E-state index < -0.39 is 15.9 Å². The molecule has 0 saturated carbocycles. The van der Waals surface area contributed by atoms with Crippen molar-refractivity contribution in [2.45, 2.75) is 18.4 Å². The molecule has 32 heavy (non-hydrogen) atoms. The number of amides is 1. The van der Waals surface area contributed by atoms with Gasteiger partial charge in [-0.2, -0.15) is 0 Å². The molecule has 0 aliphatic carbocycles. The van der Waals surface area contributed by atoms with Gasteiger partial charge in [0.15, 0.2) is 0 Å². The first kappa shape index (κ1) is 23.1. The van der Waals surface area contributed by atoms with E-state index in [9.17, 15) is 13.2 Å². The van der Waals surface area contributed by atoms with Gasteiger partial charge in [-0.15, -0.1) is 0 Å². The lowest BCUT2D eigenvalue weighted by molar-refractivity contribution is -0.119. The maximum Gasteiger partial charge on any atom is 0.264 e. The van der Waals surface area contributed by atoms with E-state index in [-0.39, 0.29) is 18.0 Å². The summed E-state index contributed by atoms with van der Waals surface area (Å²) in [6, 6.07) is 20.4. The summed E-state index contributed by atoms with van der Waals surface area (Å²) in [4.78, 5) is 12.8. The first-order chi connectivity index (χ1) is 15.3. The Hall–Kier alpha value is -3.52. The first-order valence-corrected chi connectivity index (χ1v) is 11.4. The molecule has 0 spiro atoms. The van der Waals surface area contributed by atoms with E-state index in [0.717, 1.165) is 15.4 Å². The van der Waals surface area contributed by atoms with Crippen molar-refractivity contribution in [1.82, 2.24) is 5.32 Å². The fourth-order valence-electron chi connectivity index (χ4n) is 3.05. The van der Waals surface area contributed by atoms with Gasteiger partial charge in [0.2, 0.25) is 5.91 Å². The third kappa shape index (κ3) is 5.59. The predicted molar refractivity (Wildman–Crippen MR) is 124 cm³/mol. The number of carbonyl (C=O) groups is 1. The van der Waals surface area contributed by atoms with Crippen molar-refractivity contribution in [3.8, 4) is 11.5 Å². The molecule has 0 fully saturated rings. The summed E-state index contributed by atoms with van der Waals surface area (Å²) in [6.45, 7) is 1.77. The summed E-state index contributed by atoms with van der Waals surface area (Å²) in [6.07, 6.45) is 0.